The number of rotatable bonds is 2. The van der Waals surface area contributed by atoms with Gasteiger partial charge in [0.15, 0.2) is 0 Å². The molecule has 0 aliphatic heterocycles. The van der Waals surface area contributed by atoms with E-state index >= 15 is 0 Å². The number of aryl methyl sites for hydroxylation is 1. The summed E-state index contributed by atoms with van der Waals surface area (Å²) in [7, 11) is 1.64. The molecule has 0 aromatic heterocycles. The van der Waals surface area contributed by atoms with Crippen molar-refractivity contribution in [2.45, 2.75) is 41.5 Å². The minimum atomic E-state index is 1.19. The van der Waals surface area contributed by atoms with E-state index in [0.29, 0.717) is 0 Å². The molecule has 0 fully saturated rings. The molecule has 1 heteroatoms. The van der Waals surface area contributed by atoms with Crippen LogP contribution in [0.5, 0.6) is 0 Å². The largest absolute Gasteiger partial charge is 0.304 e. The van der Waals surface area contributed by atoms with Gasteiger partial charge in [-0.15, -0.1) is 0 Å². The summed E-state index contributed by atoms with van der Waals surface area (Å²) < 4.78 is 0. The normalized spacial score (nSPS) is 8.47. The molecule has 0 heterocycles. The van der Waals surface area contributed by atoms with Crippen LogP contribution in [0, 0.1) is 6.92 Å². The van der Waals surface area contributed by atoms with E-state index in [1.165, 1.54) is 16.7 Å². The van der Waals surface area contributed by atoms with Crippen LogP contribution in [0.3, 0.4) is 0 Å². The average molecular weight is 261 g/mol. The fourth-order valence-electron chi connectivity index (χ4n) is 1.15. The van der Waals surface area contributed by atoms with E-state index in [-0.39, 0.29) is 0 Å². The predicted molar refractivity (Wildman–Crippen MR) is 93.2 cm³/mol. The molecule has 0 radical (unpaired) electrons. The van der Waals surface area contributed by atoms with Crippen molar-refractivity contribution in [3.8, 4) is 0 Å². The third kappa shape index (κ3) is 12.6. The Labute approximate surface area is 120 Å². The number of hydrogen-bond donors (Lipinski definition) is 0. The summed E-state index contributed by atoms with van der Waals surface area (Å²) in [5.74, 6) is 0. The lowest BCUT2D eigenvalue weighted by atomic mass is 10.0. The van der Waals surface area contributed by atoms with Crippen LogP contribution in [0.4, 0.5) is 0 Å². The Morgan fingerprint density at radius 1 is 1.05 bits per heavy atom. The highest BCUT2D eigenvalue weighted by atomic mass is 14.6. The molecule has 0 amide bonds. The Balaban J connectivity index is -0.000000313. The molecule has 0 saturated carbocycles. The van der Waals surface area contributed by atoms with Gasteiger partial charge in [-0.1, -0.05) is 76.3 Å². The molecule has 0 N–H and O–H groups in total. The SMILES string of the molecule is C=C/C(=C\C)c1ccc(C)cc1.C=NC.CC.CC. The molecular weight excluding hydrogens is 230 g/mol. The van der Waals surface area contributed by atoms with Gasteiger partial charge >= 0.3 is 0 Å². The second-order valence-electron chi connectivity index (χ2n) is 3.13. The number of hydrogen-bond acceptors (Lipinski definition) is 1. The van der Waals surface area contributed by atoms with Crippen LogP contribution in [0.15, 0.2) is 48.0 Å². The summed E-state index contributed by atoms with van der Waals surface area (Å²) in [5, 5.41) is 0. The first-order valence-corrected chi connectivity index (χ1v) is 6.90. The van der Waals surface area contributed by atoms with Crippen molar-refractivity contribution in [2.75, 3.05) is 7.05 Å². The highest BCUT2D eigenvalue weighted by Gasteiger charge is 1.93. The maximum atomic E-state index is 3.76. The minimum absolute atomic E-state index is 1.19. The summed E-state index contributed by atoms with van der Waals surface area (Å²) in [6, 6.07) is 8.46. The van der Waals surface area contributed by atoms with Crippen LogP contribution in [0.1, 0.15) is 45.7 Å². The van der Waals surface area contributed by atoms with Crippen molar-refractivity contribution in [1.29, 1.82) is 0 Å². The maximum absolute atomic E-state index is 3.76. The number of benzene rings is 1. The maximum Gasteiger partial charge on any atom is 0.0269 e. The average Bonchev–Trinajstić information content (AvgIpc) is 2.47. The van der Waals surface area contributed by atoms with E-state index in [4.69, 9.17) is 0 Å². The molecular formula is C18H31N. The fraction of sp³-hybridized carbons (Fsp3) is 0.389. The third-order valence-electron chi connectivity index (χ3n) is 1.92. The van der Waals surface area contributed by atoms with Crippen molar-refractivity contribution in [3.63, 3.8) is 0 Å². The first kappa shape index (κ1) is 22.5. The summed E-state index contributed by atoms with van der Waals surface area (Å²) in [6.45, 7) is 19.0. The molecule has 0 atom stereocenters. The molecule has 1 aromatic rings. The van der Waals surface area contributed by atoms with E-state index in [0.717, 1.165) is 0 Å². The van der Waals surface area contributed by atoms with Crippen molar-refractivity contribution >= 4 is 12.3 Å². The Morgan fingerprint density at radius 2 is 1.42 bits per heavy atom. The van der Waals surface area contributed by atoms with Gasteiger partial charge in [-0.2, -0.15) is 0 Å². The molecule has 19 heavy (non-hydrogen) atoms. The van der Waals surface area contributed by atoms with Crippen LogP contribution in [-0.2, 0) is 0 Å². The summed E-state index contributed by atoms with van der Waals surface area (Å²) in [6.07, 6.45) is 3.95. The number of nitrogens with zero attached hydrogens (tertiary/aromatic N) is 1. The smallest absolute Gasteiger partial charge is 0.0269 e. The summed E-state index contributed by atoms with van der Waals surface area (Å²) in [4.78, 5) is 3.25. The number of allylic oxidation sites excluding steroid dienone is 3. The summed E-state index contributed by atoms with van der Waals surface area (Å²) >= 11 is 0. The third-order valence-corrected chi connectivity index (χ3v) is 1.92. The Bertz CT molecular complexity index is 331. The van der Waals surface area contributed by atoms with Gasteiger partial charge in [0.05, 0.1) is 0 Å². The van der Waals surface area contributed by atoms with E-state index in [1.807, 2.05) is 40.7 Å². The molecule has 108 valence electrons. The highest BCUT2D eigenvalue weighted by molar-refractivity contribution is 5.73. The second kappa shape index (κ2) is 18.7. The lowest BCUT2D eigenvalue weighted by molar-refractivity contribution is 1.45. The van der Waals surface area contributed by atoms with Crippen molar-refractivity contribution in [2.24, 2.45) is 4.99 Å². The van der Waals surface area contributed by atoms with Gasteiger partial charge in [0.2, 0.25) is 0 Å². The van der Waals surface area contributed by atoms with Gasteiger partial charge in [-0.05, 0) is 31.7 Å². The molecule has 0 aliphatic rings. The molecule has 0 saturated heterocycles. The first-order chi connectivity index (χ1) is 9.19. The van der Waals surface area contributed by atoms with Gasteiger partial charge in [-0.3, -0.25) is 0 Å². The van der Waals surface area contributed by atoms with Crippen LogP contribution in [-0.4, -0.2) is 13.8 Å². The molecule has 0 bridgehead atoms. The Kier molecular flexibility index (Phi) is 22.2. The fourth-order valence-corrected chi connectivity index (χ4v) is 1.15. The standard InChI is InChI=1S/C12H14.C2H5N.2C2H6/c1-4-11(5-2)12-8-6-10(3)7-9-12;1-3-2;2*1-2/h4-9H,1H2,2-3H3;1H2,2H3;2*1-2H3/b11-5+;;;. The molecule has 1 rings (SSSR count). The molecule has 0 aliphatic carbocycles. The van der Waals surface area contributed by atoms with Gasteiger partial charge < -0.3 is 4.99 Å². The lowest BCUT2D eigenvalue weighted by Gasteiger charge is -2.01. The van der Waals surface area contributed by atoms with Gasteiger partial charge in [0, 0.05) is 7.05 Å². The van der Waals surface area contributed by atoms with Crippen molar-refractivity contribution in [3.05, 3.63) is 54.1 Å². The molecule has 1 nitrogen and oxygen atoms in total. The van der Waals surface area contributed by atoms with E-state index in [1.54, 1.807) is 7.05 Å². The quantitative estimate of drug-likeness (QED) is 0.460. The monoisotopic (exact) mass is 261 g/mol. The van der Waals surface area contributed by atoms with Crippen LogP contribution < -0.4 is 0 Å². The van der Waals surface area contributed by atoms with Gasteiger partial charge in [0.1, 0.15) is 0 Å². The van der Waals surface area contributed by atoms with E-state index < -0.39 is 0 Å². The van der Waals surface area contributed by atoms with Gasteiger partial charge in [-0.25, -0.2) is 0 Å². The zero-order chi connectivity index (χ0) is 15.7. The van der Waals surface area contributed by atoms with Crippen molar-refractivity contribution in [1.82, 2.24) is 0 Å². The van der Waals surface area contributed by atoms with Crippen LogP contribution >= 0.6 is 0 Å². The highest BCUT2D eigenvalue weighted by Crippen LogP contribution is 2.15. The van der Waals surface area contributed by atoms with Gasteiger partial charge in [0.25, 0.3) is 0 Å². The van der Waals surface area contributed by atoms with Crippen molar-refractivity contribution < 1.29 is 0 Å². The predicted octanol–water partition coefficient (Wildman–Crippen LogP) is 5.95. The Hall–Kier alpha value is -1.63. The second-order valence-corrected chi connectivity index (χ2v) is 3.13. The lowest BCUT2D eigenvalue weighted by Crippen LogP contribution is -1.79. The zero-order valence-electron chi connectivity index (χ0n) is 13.8. The number of aliphatic imine (C=N–C) groups is 1. The molecule has 1 aromatic carbocycles. The first-order valence-electron chi connectivity index (χ1n) is 6.90. The molecule has 0 unspecified atom stereocenters. The molecule has 0 spiro atoms. The topological polar surface area (TPSA) is 12.4 Å². The summed E-state index contributed by atoms with van der Waals surface area (Å²) in [5.41, 5.74) is 3.71. The Morgan fingerprint density at radius 3 is 1.68 bits per heavy atom. The van der Waals surface area contributed by atoms with Crippen LogP contribution in [0.25, 0.3) is 5.57 Å². The minimum Gasteiger partial charge on any atom is -0.304 e. The van der Waals surface area contributed by atoms with E-state index in [9.17, 15) is 0 Å². The van der Waals surface area contributed by atoms with E-state index in [2.05, 4.69) is 55.6 Å². The van der Waals surface area contributed by atoms with Crippen LogP contribution in [0.2, 0.25) is 0 Å². The zero-order valence-corrected chi connectivity index (χ0v) is 13.8.